The van der Waals surface area contributed by atoms with Crippen LogP contribution in [-0.2, 0) is 9.59 Å². The second-order valence-corrected chi connectivity index (χ2v) is 6.99. The van der Waals surface area contributed by atoms with Gasteiger partial charge in [0.15, 0.2) is 0 Å². The van der Waals surface area contributed by atoms with E-state index in [2.05, 4.69) is 11.8 Å². The van der Waals surface area contributed by atoms with Crippen LogP contribution in [0.15, 0.2) is 30.0 Å². The van der Waals surface area contributed by atoms with Gasteiger partial charge in [0.05, 0.1) is 5.57 Å². The fourth-order valence-corrected chi connectivity index (χ4v) is 3.49. The molecule has 140 valence electrons. The Morgan fingerprint density at radius 3 is 2.23 bits per heavy atom. The Labute approximate surface area is 154 Å². The number of halogens is 1. The standard InChI is InChI=1S/C20H26FN3O2/c1-3-4-5-10-24-19(25)17(15-6-8-16(21)9-7-15)18(20(24)26)23-13-11-22(2)12-14-23/h6-9H,3-5,10-14H2,1-2H3. The lowest BCUT2D eigenvalue weighted by molar-refractivity contribution is -0.137. The maximum atomic E-state index is 13.3. The maximum absolute atomic E-state index is 13.3. The number of nitrogens with zero attached hydrogens (tertiary/aromatic N) is 3. The Morgan fingerprint density at radius 1 is 0.962 bits per heavy atom. The molecule has 0 spiro atoms. The fraction of sp³-hybridized carbons (Fsp3) is 0.500. The molecular formula is C20H26FN3O2. The van der Waals surface area contributed by atoms with E-state index in [0.29, 0.717) is 36.5 Å². The fourth-order valence-electron chi connectivity index (χ4n) is 3.49. The van der Waals surface area contributed by atoms with Crippen molar-refractivity contribution in [2.24, 2.45) is 0 Å². The predicted octanol–water partition coefficient (Wildman–Crippen LogP) is 2.34. The van der Waals surface area contributed by atoms with E-state index < -0.39 is 0 Å². The zero-order valence-corrected chi connectivity index (χ0v) is 15.5. The van der Waals surface area contributed by atoms with Gasteiger partial charge in [-0.15, -0.1) is 0 Å². The van der Waals surface area contributed by atoms with E-state index in [4.69, 9.17) is 0 Å². The molecule has 0 radical (unpaired) electrons. The van der Waals surface area contributed by atoms with Crippen molar-refractivity contribution < 1.29 is 14.0 Å². The molecule has 0 saturated carbocycles. The van der Waals surface area contributed by atoms with Crippen molar-refractivity contribution in [2.45, 2.75) is 26.2 Å². The van der Waals surface area contributed by atoms with Crippen LogP contribution in [0, 0.1) is 5.82 Å². The van der Waals surface area contributed by atoms with Crippen LogP contribution in [0.1, 0.15) is 31.7 Å². The van der Waals surface area contributed by atoms with Crippen molar-refractivity contribution in [2.75, 3.05) is 39.8 Å². The second kappa shape index (κ2) is 7.99. The minimum Gasteiger partial charge on any atom is -0.364 e. The number of likely N-dealkylation sites (N-methyl/N-ethyl adjacent to an activating group) is 1. The van der Waals surface area contributed by atoms with Crippen molar-refractivity contribution in [3.8, 4) is 0 Å². The van der Waals surface area contributed by atoms with Crippen LogP contribution in [0.3, 0.4) is 0 Å². The first-order chi connectivity index (χ1) is 12.5. The Bertz CT molecular complexity index is 706. The number of benzene rings is 1. The van der Waals surface area contributed by atoms with Crippen LogP contribution >= 0.6 is 0 Å². The summed E-state index contributed by atoms with van der Waals surface area (Å²) in [6.07, 6.45) is 2.81. The van der Waals surface area contributed by atoms with Crippen LogP contribution in [0.4, 0.5) is 4.39 Å². The van der Waals surface area contributed by atoms with Crippen LogP contribution in [0.5, 0.6) is 0 Å². The molecule has 6 heteroatoms. The molecule has 2 amide bonds. The summed E-state index contributed by atoms with van der Waals surface area (Å²) in [5, 5.41) is 0. The van der Waals surface area contributed by atoms with E-state index in [9.17, 15) is 14.0 Å². The number of hydrogen-bond donors (Lipinski definition) is 0. The van der Waals surface area contributed by atoms with Crippen molar-refractivity contribution in [1.29, 1.82) is 0 Å². The monoisotopic (exact) mass is 359 g/mol. The van der Waals surface area contributed by atoms with Gasteiger partial charge < -0.3 is 9.80 Å². The molecule has 1 saturated heterocycles. The van der Waals surface area contributed by atoms with Gasteiger partial charge in [0.1, 0.15) is 11.5 Å². The molecule has 2 heterocycles. The molecule has 26 heavy (non-hydrogen) atoms. The topological polar surface area (TPSA) is 43.9 Å². The first-order valence-electron chi connectivity index (χ1n) is 9.32. The highest BCUT2D eigenvalue weighted by Gasteiger charge is 2.41. The average Bonchev–Trinajstić information content (AvgIpc) is 2.88. The molecule has 0 aromatic heterocycles. The normalized spacial score (nSPS) is 19.0. The molecule has 1 aromatic carbocycles. The predicted molar refractivity (Wildman–Crippen MR) is 98.6 cm³/mol. The van der Waals surface area contributed by atoms with Crippen molar-refractivity contribution >= 4 is 17.4 Å². The van der Waals surface area contributed by atoms with Crippen LogP contribution in [0.25, 0.3) is 5.57 Å². The molecule has 0 aliphatic carbocycles. The third-order valence-electron chi connectivity index (χ3n) is 5.08. The highest BCUT2D eigenvalue weighted by atomic mass is 19.1. The maximum Gasteiger partial charge on any atom is 0.277 e. The van der Waals surface area contributed by atoms with Gasteiger partial charge in [-0.1, -0.05) is 31.9 Å². The summed E-state index contributed by atoms with van der Waals surface area (Å²) >= 11 is 0. The smallest absolute Gasteiger partial charge is 0.277 e. The largest absolute Gasteiger partial charge is 0.364 e. The summed E-state index contributed by atoms with van der Waals surface area (Å²) in [6, 6.07) is 5.84. The van der Waals surface area contributed by atoms with Gasteiger partial charge in [0.2, 0.25) is 0 Å². The minimum atomic E-state index is -0.355. The van der Waals surface area contributed by atoms with Crippen molar-refractivity contribution in [1.82, 2.24) is 14.7 Å². The lowest BCUT2D eigenvalue weighted by atomic mass is 10.0. The second-order valence-electron chi connectivity index (χ2n) is 6.99. The molecule has 2 aliphatic rings. The highest BCUT2D eigenvalue weighted by molar-refractivity contribution is 6.35. The van der Waals surface area contributed by atoms with Gasteiger partial charge in [0.25, 0.3) is 11.8 Å². The molecule has 0 atom stereocenters. The summed E-state index contributed by atoms with van der Waals surface area (Å²) in [7, 11) is 2.05. The van der Waals surface area contributed by atoms with Gasteiger partial charge >= 0.3 is 0 Å². The quantitative estimate of drug-likeness (QED) is 0.578. The molecule has 5 nitrogen and oxygen atoms in total. The molecule has 1 aromatic rings. The number of rotatable bonds is 6. The Morgan fingerprint density at radius 2 is 1.62 bits per heavy atom. The number of piperazine rings is 1. The molecule has 0 unspecified atom stereocenters. The van der Waals surface area contributed by atoms with Crippen LogP contribution < -0.4 is 0 Å². The SMILES string of the molecule is CCCCCN1C(=O)C(c2ccc(F)cc2)=C(N2CCN(C)CC2)C1=O. The van der Waals surface area contributed by atoms with Crippen LogP contribution in [0.2, 0.25) is 0 Å². The third kappa shape index (κ3) is 3.65. The van der Waals surface area contributed by atoms with Gasteiger partial charge in [0, 0.05) is 32.7 Å². The summed E-state index contributed by atoms with van der Waals surface area (Å²) in [5.74, 6) is -0.825. The zero-order valence-electron chi connectivity index (χ0n) is 15.5. The Hall–Kier alpha value is -2.21. The summed E-state index contributed by atoms with van der Waals surface area (Å²) in [5.41, 5.74) is 1.50. The molecule has 0 N–H and O–H groups in total. The van der Waals surface area contributed by atoms with E-state index in [-0.39, 0.29) is 17.6 Å². The van der Waals surface area contributed by atoms with Crippen molar-refractivity contribution in [3.63, 3.8) is 0 Å². The number of hydrogen-bond acceptors (Lipinski definition) is 4. The number of carbonyl (C=O) groups is 2. The Kier molecular flexibility index (Phi) is 5.71. The Balaban J connectivity index is 1.95. The minimum absolute atomic E-state index is 0.213. The molecule has 0 bridgehead atoms. The number of imide groups is 1. The van der Waals surface area contributed by atoms with Gasteiger partial charge in [-0.3, -0.25) is 14.5 Å². The molecule has 3 rings (SSSR count). The first-order valence-corrected chi connectivity index (χ1v) is 9.32. The lowest BCUT2D eigenvalue weighted by Crippen LogP contribution is -2.46. The van der Waals surface area contributed by atoms with Crippen LogP contribution in [-0.4, -0.2) is 66.3 Å². The lowest BCUT2D eigenvalue weighted by Gasteiger charge is -2.34. The van der Waals surface area contributed by atoms with E-state index in [1.807, 2.05) is 11.9 Å². The summed E-state index contributed by atoms with van der Waals surface area (Å²) < 4.78 is 13.3. The third-order valence-corrected chi connectivity index (χ3v) is 5.08. The first kappa shape index (κ1) is 18.6. The summed E-state index contributed by atoms with van der Waals surface area (Å²) in [6.45, 7) is 5.63. The van der Waals surface area contributed by atoms with Crippen molar-refractivity contribution in [3.05, 3.63) is 41.3 Å². The zero-order chi connectivity index (χ0) is 18.7. The highest BCUT2D eigenvalue weighted by Crippen LogP contribution is 2.32. The van der Waals surface area contributed by atoms with E-state index >= 15 is 0 Å². The average molecular weight is 359 g/mol. The number of amides is 2. The van der Waals surface area contributed by atoms with E-state index in [1.165, 1.54) is 17.0 Å². The van der Waals surface area contributed by atoms with Gasteiger partial charge in [-0.05, 0) is 31.2 Å². The van der Waals surface area contributed by atoms with E-state index in [1.54, 1.807) is 12.1 Å². The molecule has 2 aliphatic heterocycles. The van der Waals surface area contributed by atoms with Gasteiger partial charge in [-0.2, -0.15) is 0 Å². The van der Waals surface area contributed by atoms with Gasteiger partial charge in [-0.25, -0.2) is 4.39 Å². The molecule has 1 fully saturated rings. The summed E-state index contributed by atoms with van der Waals surface area (Å²) in [4.78, 5) is 31.7. The molecular weight excluding hydrogens is 333 g/mol. The van der Waals surface area contributed by atoms with E-state index in [0.717, 1.165) is 32.4 Å². The number of unbranched alkanes of at least 4 members (excludes halogenated alkanes) is 2. The number of carbonyl (C=O) groups excluding carboxylic acids is 2.